The van der Waals surface area contributed by atoms with Crippen molar-refractivity contribution in [1.82, 2.24) is 5.32 Å². The first-order valence-electron chi connectivity index (χ1n) is 6.51. The smallest absolute Gasteiger partial charge is 0.126 e. The minimum Gasteiger partial charge on any atom is -0.487 e. The SMILES string of the molecule is CC(C)NCCc1cccc2c1OC(C)(C)C2. The lowest BCUT2D eigenvalue weighted by atomic mass is 10.00. The van der Waals surface area contributed by atoms with Crippen molar-refractivity contribution in [2.75, 3.05) is 6.54 Å². The van der Waals surface area contributed by atoms with Crippen molar-refractivity contribution in [3.63, 3.8) is 0 Å². The summed E-state index contributed by atoms with van der Waals surface area (Å²) in [6.45, 7) is 9.67. The molecule has 94 valence electrons. The van der Waals surface area contributed by atoms with Crippen LogP contribution in [0.3, 0.4) is 0 Å². The summed E-state index contributed by atoms with van der Waals surface area (Å²) in [6, 6.07) is 7.06. The van der Waals surface area contributed by atoms with Crippen molar-refractivity contribution in [2.24, 2.45) is 0 Å². The Morgan fingerprint density at radius 3 is 2.82 bits per heavy atom. The van der Waals surface area contributed by atoms with Crippen molar-refractivity contribution in [3.8, 4) is 5.75 Å². The summed E-state index contributed by atoms with van der Waals surface area (Å²) in [5.74, 6) is 1.13. The average Bonchev–Trinajstić information content (AvgIpc) is 2.52. The molecule has 0 fully saturated rings. The third-order valence-electron chi connectivity index (χ3n) is 3.12. The summed E-state index contributed by atoms with van der Waals surface area (Å²) in [5, 5.41) is 3.45. The molecule has 1 heterocycles. The Morgan fingerprint density at radius 1 is 1.35 bits per heavy atom. The second kappa shape index (κ2) is 4.69. The van der Waals surface area contributed by atoms with E-state index in [1.807, 2.05) is 0 Å². The zero-order chi connectivity index (χ0) is 12.5. The fourth-order valence-corrected chi connectivity index (χ4v) is 2.37. The molecule has 1 aromatic rings. The lowest BCUT2D eigenvalue weighted by molar-refractivity contribution is 0.137. The molecule has 0 aliphatic carbocycles. The fourth-order valence-electron chi connectivity index (χ4n) is 2.37. The van der Waals surface area contributed by atoms with E-state index >= 15 is 0 Å². The maximum absolute atomic E-state index is 6.06. The van der Waals surface area contributed by atoms with Gasteiger partial charge in [0.05, 0.1) is 0 Å². The van der Waals surface area contributed by atoms with Gasteiger partial charge >= 0.3 is 0 Å². The van der Waals surface area contributed by atoms with E-state index in [1.165, 1.54) is 11.1 Å². The van der Waals surface area contributed by atoms with E-state index in [4.69, 9.17) is 4.74 Å². The summed E-state index contributed by atoms with van der Waals surface area (Å²) >= 11 is 0. The number of hydrogen-bond donors (Lipinski definition) is 1. The molecule has 0 spiro atoms. The number of rotatable bonds is 4. The Balaban J connectivity index is 2.08. The minimum absolute atomic E-state index is 0.0378. The van der Waals surface area contributed by atoms with Crippen LogP contribution in [0.4, 0.5) is 0 Å². The van der Waals surface area contributed by atoms with Crippen LogP contribution in [0.5, 0.6) is 5.75 Å². The van der Waals surface area contributed by atoms with E-state index in [0.717, 1.165) is 25.1 Å². The molecular weight excluding hydrogens is 210 g/mol. The Morgan fingerprint density at radius 2 is 2.12 bits per heavy atom. The third-order valence-corrected chi connectivity index (χ3v) is 3.12. The van der Waals surface area contributed by atoms with Gasteiger partial charge in [-0.2, -0.15) is 0 Å². The number of ether oxygens (including phenoxy) is 1. The van der Waals surface area contributed by atoms with E-state index in [0.29, 0.717) is 6.04 Å². The number of hydrogen-bond acceptors (Lipinski definition) is 2. The average molecular weight is 233 g/mol. The summed E-state index contributed by atoms with van der Waals surface area (Å²) in [6.07, 6.45) is 2.06. The number of fused-ring (bicyclic) bond motifs is 1. The van der Waals surface area contributed by atoms with Crippen LogP contribution in [0.15, 0.2) is 18.2 Å². The minimum atomic E-state index is -0.0378. The molecule has 1 aromatic carbocycles. The molecule has 0 radical (unpaired) electrons. The van der Waals surface area contributed by atoms with Crippen molar-refractivity contribution >= 4 is 0 Å². The Kier molecular flexibility index (Phi) is 3.43. The van der Waals surface area contributed by atoms with Gasteiger partial charge < -0.3 is 10.1 Å². The fraction of sp³-hybridized carbons (Fsp3) is 0.600. The van der Waals surface area contributed by atoms with Crippen molar-refractivity contribution in [2.45, 2.75) is 52.2 Å². The van der Waals surface area contributed by atoms with Gasteiger partial charge in [-0.25, -0.2) is 0 Å². The third kappa shape index (κ3) is 3.01. The van der Waals surface area contributed by atoms with Crippen LogP contribution in [0.2, 0.25) is 0 Å². The molecule has 17 heavy (non-hydrogen) atoms. The van der Waals surface area contributed by atoms with Gasteiger partial charge in [0.1, 0.15) is 11.4 Å². The van der Waals surface area contributed by atoms with E-state index in [-0.39, 0.29) is 5.60 Å². The van der Waals surface area contributed by atoms with Crippen LogP contribution in [0.1, 0.15) is 38.8 Å². The molecule has 0 aromatic heterocycles. The molecule has 2 heteroatoms. The first-order valence-corrected chi connectivity index (χ1v) is 6.51. The van der Waals surface area contributed by atoms with Crippen LogP contribution in [-0.2, 0) is 12.8 Å². The number of para-hydroxylation sites is 1. The zero-order valence-corrected chi connectivity index (χ0v) is 11.3. The summed E-state index contributed by atoms with van der Waals surface area (Å²) in [7, 11) is 0. The normalized spacial score (nSPS) is 17.0. The largest absolute Gasteiger partial charge is 0.487 e. The second-order valence-corrected chi connectivity index (χ2v) is 5.80. The van der Waals surface area contributed by atoms with E-state index in [9.17, 15) is 0 Å². The van der Waals surface area contributed by atoms with E-state index < -0.39 is 0 Å². The van der Waals surface area contributed by atoms with Crippen molar-refractivity contribution in [1.29, 1.82) is 0 Å². The zero-order valence-electron chi connectivity index (χ0n) is 11.3. The molecule has 1 N–H and O–H groups in total. The summed E-state index contributed by atoms with van der Waals surface area (Å²) < 4.78 is 6.06. The van der Waals surface area contributed by atoms with Gasteiger partial charge in [-0.1, -0.05) is 32.0 Å². The van der Waals surface area contributed by atoms with Gasteiger partial charge in [0.2, 0.25) is 0 Å². The first kappa shape index (κ1) is 12.4. The highest BCUT2D eigenvalue weighted by molar-refractivity contribution is 5.45. The highest BCUT2D eigenvalue weighted by atomic mass is 16.5. The Bertz CT molecular complexity index is 396. The van der Waals surface area contributed by atoms with Crippen molar-refractivity contribution < 1.29 is 4.74 Å². The number of nitrogens with one attached hydrogen (secondary N) is 1. The molecule has 2 nitrogen and oxygen atoms in total. The van der Waals surface area contributed by atoms with Crippen molar-refractivity contribution in [3.05, 3.63) is 29.3 Å². The van der Waals surface area contributed by atoms with Gasteiger partial charge in [0.15, 0.2) is 0 Å². The monoisotopic (exact) mass is 233 g/mol. The van der Waals surface area contributed by atoms with Crippen LogP contribution >= 0.6 is 0 Å². The maximum atomic E-state index is 6.06. The highest BCUT2D eigenvalue weighted by Gasteiger charge is 2.31. The van der Waals surface area contributed by atoms with E-state index in [2.05, 4.69) is 51.2 Å². The topological polar surface area (TPSA) is 21.3 Å². The molecule has 0 saturated heterocycles. The molecular formula is C15H23NO. The van der Waals surface area contributed by atoms with Crippen LogP contribution in [0.25, 0.3) is 0 Å². The van der Waals surface area contributed by atoms with Gasteiger partial charge in [-0.15, -0.1) is 0 Å². The van der Waals surface area contributed by atoms with Crippen LogP contribution in [-0.4, -0.2) is 18.2 Å². The molecule has 0 bridgehead atoms. The van der Waals surface area contributed by atoms with Gasteiger partial charge in [0.25, 0.3) is 0 Å². The standard InChI is InChI=1S/C15H23NO/c1-11(2)16-9-8-12-6-5-7-13-10-15(3,4)17-14(12)13/h5-7,11,16H,8-10H2,1-4H3. The molecule has 0 unspecified atom stereocenters. The summed E-state index contributed by atoms with van der Waals surface area (Å²) in [4.78, 5) is 0. The molecule has 1 aliphatic heterocycles. The summed E-state index contributed by atoms with van der Waals surface area (Å²) in [5.41, 5.74) is 2.66. The van der Waals surface area contributed by atoms with Gasteiger partial charge in [-0.3, -0.25) is 0 Å². The lowest BCUT2D eigenvalue weighted by Gasteiger charge is -2.18. The first-order chi connectivity index (χ1) is 7.98. The lowest BCUT2D eigenvalue weighted by Crippen LogP contribution is -2.26. The second-order valence-electron chi connectivity index (χ2n) is 5.80. The van der Waals surface area contributed by atoms with Crippen LogP contribution < -0.4 is 10.1 Å². The van der Waals surface area contributed by atoms with Crippen LogP contribution in [0, 0.1) is 0 Å². The Labute approximate surface area is 104 Å². The molecule has 0 atom stereocenters. The Hall–Kier alpha value is -1.02. The quantitative estimate of drug-likeness (QED) is 0.863. The number of benzene rings is 1. The molecule has 2 rings (SSSR count). The van der Waals surface area contributed by atoms with Gasteiger partial charge in [-0.05, 0) is 37.9 Å². The predicted molar refractivity (Wildman–Crippen MR) is 71.7 cm³/mol. The molecule has 1 aliphatic rings. The van der Waals surface area contributed by atoms with Gasteiger partial charge in [0, 0.05) is 12.5 Å². The van der Waals surface area contributed by atoms with E-state index in [1.54, 1.807) is 0 Å². The predicted octanol–water partition coefficient (Wildman–Crippen LogP) is 2.94. The molecule has 0 saturated carbocycles. The molecule has 0 amide bonds. The highest BCUT2D eigenvalue weighted by Crippen LogP contribution is 2.37. The maximum Gasteiger partial charge on any atom is 0.126 e.